The number of alkyl halides is 3. The number of carbonyl (C=O) groups excluding carboxylic acids is 1. The summed E-state index contributed by atoms with van der Waals surface area (Å²) in [5, 5.41) is 8.65. The summed E-state index contributed by atoms with van der Waals surface area (Å²) in [6.07, 6.45) is -3.60. The molecule has 0 radical (unpaired) electrons. The molecule has 1 aromatic rings. The third-order valence-corrected chi connectivity index (χ3v) is 3.71. The summed E-state index contributed by atoms with van der Waals surface area (Å²) in [5.74, 6) is 0.154. The van der Waals surface area contributed by atoms with Gasteiger partial charge in [-0.3, -0.25) is 14.7 Å². The smallest absolute Gasteiger partial charge is 0.352 e. The summed E-state index contributed by atoms with van der Waals surface area (Å²) in [6.45, 7) is -0.233. The van der Waals surface area contributed by atoms with Crippen molar-refractivity contribution in [1.29, 1.82) is 0 Å². The minimum absolute atomic E-state index is 0.00749. The van der Waals surface area contributed by atoms with Gasteiger partial charge in [0.25, 0.3) is 0 Å². The summed E-state index contributed by atoms with van der Waals surface area (Å²) < 4.78 is 37.2. The van der Waals surface area contributed by atoms with Crippen molar-refractivity contribution in [2.45, 2.75) is 18.6 Å². The second-order valence-electron chi connectivity index (χ2n) is 5.82. The number of rotatable bonds is 5. The van der Waals surface area contributed by atoms with Crippen molar-refractivity contribution in [3.63, 3.8) is 0 Å². The Kier molecular flexibility index (Phi) is 6.63. The van der Waals surface area contributed by atoms with Gasteiger partial charge in [0.05, 0.1) is 13.1 Å². The fourth-order valence-electron chi connectivity index (χ4n) is 2.63. The number of nitrogens with zero attached hydrogens (tertiary/aromatic N) is 2. The van der Waals surface area contributed by atoms with E-state index in [2.05, 4.69) is 20.9 Å². The summed E-state index contributed by atoms with van der Waals surface area (Å²) in [4.78, 5) is 17.2. The van der Waals surface area contributed by atoms with E-state index in [0.29, 0.717) is 24.6 Å². The highest BCUT2D eigenvalue weighted by Crippen LogP contribution is 2.19. The van der Waals surface area contributed by atoms with Gasteiger partial charge in [-0.05, 0) is 18.6 Å². The number of aliphatic imine (C=N–C) groups is 1. The highest BCUT2D eigenvalue weighted by Gasteiger charge is 2.34. The third kappa shape index (κ3) is 7.00. The Morgan fingerprint density at radius 2 is 2.04 bits per heavy atom. The molecular weight excluding hydrogens is 335 g/mol. The number of amides is 1. The van der Waals surface area contributed by atoms with Crippen LogP contribution in [0.1, 0.15) is 6.42 Å². The number of anilines is 1. The molecule has 138 valence electrons. The minimum atomic E-state index is -4.19. The molecule has 1 aliphatic rings. The normalized spacial score (nSPS) is 18.9. The van der Waals surface area contributed by atoms with E-state index < -0.39 is 12.7 Å². The van der Waals surface area contributed by atoms with E-state index in [-0.39, 0.29) is 25.0 Å². The van der Waals surface area contributed by atoms with Crippen LogP contribution in [0.15, 0.2) is 35.3 Å². The lowest BCUT2D eigenvalue weighted by atomic mass is 10.3. The van der Waals surface area contributed by atoms with E-state index in [1.807, 2.05) is 18.2 Å². The maximum Gasteiger partial charge on any atom is 0.401 e. The number of hydrogen-bond donors (Lipinski definition) is 3. The Bertz CT molecular complexity index is 591. The maximum absolute atomic E-state index is 12.4. The Labute approximate surface area is 144 Å². The average molecular weight is 357 g/mol. The quantitative estimate of drug-likeness (QED) is 0.551. The maximum atomic E-state index is 12.4. The van der Waals surface area contributed by atoms with Gasteiger partial charge in [-0.1, -0.05) is 18.2 Å². The van der Waals surface area contributed by atoms with Crippen LogP contribution in [0.4, 0.5) is 18.9 Å². The van der Waals surface area contributed by atoms with E-state index in [4.69, 9.17) is 0 Å². The molecule has 0 saturated carbocycles. The van der Waals surface area contributed by atoms with Crippen molar-refractivity contribution in [3.8, 4) is 0 Å². The molecule has 0 spiro atoms. The number of halogens is 3. The predicted octanol–water partition coefficient (Wildman–Crippen LogP) is 1.43. The molecule has 1 heterocycles. The molecule has 3 N–H and O–H groups in total. The second kappa shape index (κ2) is 8.70. The zero-order valence-electron chi connectivity index (χ0n) is 13.9. The molecule has 2 rings (SSSR count). The first-order chi connectivity index (χ1) is 11.9. The number of hydrogen-bond acceptors (Lipinski definition) is 3. The Hall–Kier alpha value is -2.29. The van der Waals surface area contributed by atoms with Crippen LogP contribution in [-0.4, -0.2) is 62.2 Å². The fourth-order valence-corrected chi connectivity index (χ4v) is 2.63. The number of benzene rings is 1. The van der Waals surface area contributed by atoms with E-state index in [1.165, 1.54) is 4.90 Å². The van der Waals surface area contributed by atoms with Gasteiger partial charge in [-0.15, -0.1) is 0 Å². The van der Waals surface area contributed by atoms with Crippen LogP contribution in [0.2, 0.25) is 0 Å². The molecule has 9 heteroatoms. The molecule has 6 nitrogen and oxygen atoms in total. The van der Waals surface area contributed by atoms with E-state index in [0.717, 1.165) is 0 Å². The number of carbonyl (C=O) groups is 1. The van der Waals surface area contributed by atoms with Crippen molar-refractivity contribution in [3.05, 3.63) is 30.3 Å². The molecule has 1 aromatic carbocycles. The minimum Gasteiger partial charge on any atom is -0.352 e. The molecule has 1 saturated heterocycles. The van der Waals surface area contributed by atoms with Gasteiger partial charge in [0.2, 0.25) is 5.91 Å². The number of nitrogens with one attached hydrogen (secondary N) is 3. The van der Waals surface area contributed by atoms with Crippen LogP contribution in [0, 0.1) is 0 Å². The highest BCUT2D eigenvalue weighted by atomic mass is 19.4. The van der Waals surface area contributed by atoms with E-state index in [9.17, 15) is 18.0 Å². The molecule has 1 unspecified atom stereocenters. The van der Waals surface area contributed by atoms with Gasteiger partial charge in [0.15, 0.2) is 5.96 Å². The average Bonchev–Trinajstić information content (AvgIpc) is 2.97. The van der Waals surface area contributed by atoms with Crippen molar-refractivity contribution in [2.75, 3.05) is 38.5 Å². The molecule has 25 heavy (non-hydrogen) atoms. The second-order valence-corrected chi connectivity index (χ2v) is 5.82. The van der Waals surface area contributed by atoms with Crippen LogP contribution in [0.25, 0.3) is 0 Å². The molecule has 1 aliphatic heterocycles. The van der Waals surface area contributed by atoms with Crippen LogP contribution < -0.4 is 16.0 Å². The highest BCUT2D eigenvalue weighted by molar-refractivity contribution is 5.94. The molecule has 1 atom stereocenters. The summed E-state index contributed by atoms with van der Waals surface area (Å²) in [6, 6.07) is 8.90. The van der Waals surface area contributed by atoms with Gasteiger partial charge in [0, 0.05) is 31.9 Å². The molecule has 0 aliphatic carbocycles. The van der Waals surface area contributed by atoms with Crippen molar-refractivity contribution < 1.29 is 18.0 Å². The van der Waals surface area contributed by atoms with Crippen molar-refractivity contribution in [2.24, 2.45) is 4.99 Å². The van der Waals surface area contributed by atoms with Gasteiger partial charge >= 0.3 is 6.18 Å². The van der Waals surface area contributed by atoms with E-state index in [1.54, 1.807) is 19.2 Å². The SMILES string of the molecule is CN=C(NCC(=O)Nc1ccccc1)NC1CCN(CC(F)(F)F)C1. The topological polar surface area (TPSA) is 68.8 Å². The third-order valence-electron chi connectivity index (χ3n) is 3.71. The predicted molar refractivity (Wildman–Crippen MR) is 90.5 cm³/mol. The molecular formula is C16H22F3N5O. The van der Waals surface area contributed by atoms with Crippen molar-refractivity contribution >= 4 is 17.6 Å². The zero-order chi connectivity index (χ0) is 18.3. The molecule has 0 aromatic heterocycles. The summed E-state index contributed by atoms with van der Waals surface area (Å²) >= 11 is 0. The number of guanidine groups is 1. The number of likely N-dealkylation sites (tertiary alicyclic amines) is 1. The lowest BCUT2D eigenvalue weighted by molar-refractivity contribution is -0.143. The van der Waals surface area contributed by atoms with Gasteiger partial charge in [0.1, 0.15) is 0 Å². The molecule has 1 fully saturated rings. The first-order valence-electron chi connectivity index (χ1n) is 7.97. The first-order valence-corrected chi connectivity index (χ1v) is 7.97. The van der Waals surface area contributed by atoms with Gasteiger partial charge in [-0.2, -0.15) is 13.2 Å². The zero-order valence-corrected chi connectivity index (χ0v) is 13.9. The molecule has 1 amide bonds. The Morgan fingerprint density at radius 3 is 2.68 bits per heavy atom. The Morgan fingerprint density at radius 1 is 1.32 bits per heavy atom. The van der Waals surface area contributed by atoms with Crippen LogP contribution >= 0.6 is 0 Å². The largest absolute Gasteiger partial charge is 0.401 e. The summed E-state index contributed by atoms with van der Waals surface area (Å²) in [5.41, 5.74) is 0.691. The number of para-hydroxylation sites is 1. The molecule has 0 bridgehead atoms. The Balaban J connectivity index is 1.73. The van der Waals surface area contributed by atoms with Gasteiger partial charge in [-0.25, -0.2) is 0 Å². The first kappa shape index (κ1) is 19.0. The van der Waals surface area contributed by atoms with Crippen LogP contribution in [-0.2, 0) is 4.79 Å². The standard InChI is InChI=1S/C16H22F3N5O/c1-20-15(21-9-14(25)22-12-5-3-2-4-6-12)23-13-7-8-24(10-13)11-16(17,18)19/h2-6,13H,7-11H2,1H3,(H,22,25)(H2,20,21,23). The lowest BCUT2D eigenvalue weighted by Crippen LogP contribution is -2.47. The van der Waals surface area contributed by atoms with Gasteiger partial charge < -0.3 is 16.0 Å². The van der Waals surface area contributed by atoms with E-state index >= 15 is 0 Å². The van der Waals surface area contributed by atoms with Crippen molar-refractivity contribution in [1.82, 2.24) is 15.5 Å². The van der Waals surface area contributed by atoms with Crippen LogP contribution in [0.3, 0.4) is 0 Å². The fraction of sp³-hybridized carbons (Fsp3) is 0.500. The summed E-state index contributed by atoms with van der Waals surface area (Å²) in [7, 11) is 1.55. The monoisotopic (exact) mass is 357 g/mol. The lowest BCUT2D eigenvalue weighted by Gasteiger charge is -2.19. The van der Waals surface area contributed by atoms with Crippen LogP contribution in [0.5, 0.6) is 0 Å².